The van der Waals surface area contributed by atoms with Crippen molar-refractivity contribution in [2.45, 2.75) is 63.2 Å². The lowest BCUT2D eigenvalue weighted by Crippen LogP contribution is -2.65. The van der Waals surface area contributed by atoms with Gasteiger partial charge in [-0.1, -0.05) is 18.2 Å². The molecular formula is C22H28N4O3. The fourth-order valence-corrected chi connectivity index (χ4v) is 5.59. The Bertz CT molecular complexity index is 870. The molecule has 3 amide bonds. The van der Waals surface area contributed by atoms with Gasteiger partial charge in [0.1, 0.15) is 6.04 Å². The number of nitrogens with zero attached hydrogens (tertiary/aromatic N) is 1. The number of nitrogens with one attached hydrogen (secondary N) is 3. The van der Waals surface area contributed by atoms with E-state index in [0.29, 0.717) is 19.5 Å². The number of amides is 3. The molecule has 0 aromatic heterocycles. The number of hydrogen-bond donors (Lipinski definition) is 3. The zero-order chi connectivity index (χ0) is 20.0. The Morgan fingerprint density at radius 2 is 2.07 bits per heavy atom. The van der Waals surface area contributed by atoms with E-state index in [1.165, 1.54) is 25.7 Å². The average Bonchev–Trinajstić information content (AvgIpc) is 3.02. The number of hydrogen-bond acceptors (Lipinski definition) is 5. The predicted octanol–water partition coefficient (Wildman–Crippen LogP) is 1.07. The maximum Gasteiger partial charge on any atom is 0.255 e. The lowest BCUT2D eigenvalue weighted by molar-refractivity contribution is -0.136. The Kier molecular flexibility index (Phi) is 4.67. The molecule has 5 rings (SSSR count). The van der Waals surface area contributed by atoms with Gasteiger partial charge in [0.25, 0.3) is 5.91 Å². The van der Waals surface area contributed by atoms with E-state index in [1.807, 2.05) is 18.2 Å². The Morgan fingerprint density at radius 3 is 2.83 bits per heavy atom. The largest absolute Gasteiger partial charge is 0.322 e. The van der Waals surface area contributed by atoms with E-state index >= 15 is 0 Å². The van der Waals surface area contributed by atoms with Crippen LogP contribution in [0.15, 0.2) is 18.2 Å². The highest BCUT2D eigenvalue weighted by Crippen LogP contribution is 2.43. The molecule has 1 aromatic carbocycles. The van der Waals surface area contributed by atoms with Crippen molar-refractivity contribution in [3.05, 3.63) is 34.9 Å². The monoisotopic (exact) mass is 396 g/mol. The molecule has 1 aliphatic carbocycles. The molecule has 4 aliphatic rings. The van der Waals surface area contributed by atoms with Crippen LogP contribution in [0.4, 0.5) is 0 Å². The molecule has 3 N–H and O–H groups in total. The molecule has 3 fully saturated rings. The van der Waals surface area contributed by atoms with E-state index in [1.54, 1.807) is 4.90 Å². The maximum atomic E-state index is 13.2. The molecule has 3 atom stereocenters. The van der Waals surface area contributed by atoms with Gasteiger partial charge in [0.2, 0.25) is 11.8 Å². The van der Waals surface area contributed by atoms with Crippen molar-refractivity contribution >= 4 is 17.7 Å². The van der Waals surface area contributed by atoms with Crippen LogP contribution in [0.25, 0.3) is 0 Å². The zero-order valence-electron chi connectivity index (χ0n) is 16.6. The van der Waals surface area contributed by atoms with Crippen LogP contribution >= 0.6 is 0 Å². The van der Waals surface area contributed by atoms with E-state index in [9.17, 15) is 14.4 Å². The Hall–Kier alpha value is -2.25. The van der Waals surface area contributed by atoms with Gasteiger partial charge < -0.3 is 15.5 Å². The van der Waals surface area contributed by atoms with Crippen LogP contribution < -0.4 is 16.0 Å². The van der Waals surface area contributed by atoms with Crippen molar-refractivity contribution in [3.8, 4) is 0 Å². The third-order valence-corrected chi connectivity index (χ3v) is 7.32. The van der Waals surface area contributed by atoms with Crippen molar-refractivity contribution < 1.29 is 14.4 Å². The van der Waals surface area contributed by atoms with Gasteiger partial charge in [0.05, 0.1) is 0 Å². The highest BCUT2D eigenvalue weighted by atomic mass is 16.2. The van der Waals surface area contributed by atoms with Crippen LogP contribution in [-0.2, 0) is 22.7 Å². The standard InChI is InChI=1S/C22H28N4O3/c27-18-7-6-17(20(28)25-18)26-12-15-4-1-3-14(19(15)21(26)29)11-23-13-22-9-8-16(22)5-2-10-24-22/h1,3-4,16-17,23-24H,2,5-13H2,(H,25,27,28)/t16-,17?,22-/m1/s1. The number of carbonyl (C=O) groups excluding carboxylic acids is 3. The van der Waals surface area contributed by atoms with E-state index < -0.39 is 6.04 Å². The van der Waals surface area contributed by atoms with Crippen molar-refractivity contribution in [2.75, 3.05) is 13.1 Å². The molecule has 29 heavy (non-hydrogen) atoms. The summed E-state index contributed by atoms with van der Waals surface area (Å²) >= 11 is 0. The first-order valence-electron chi connectivity index (χ1n) is 10.8. The number of carbonyl (C=O) groups is 3. The normalized spacial score (nSPS) is 31.2. The molecule has 0 spiro atoms. The van der Waals surface area contributed by atoms with E-state index in [2.05, 4.69) is 16.0 Å². The molecule has 1 unspecified atom stereocenters. The lowest BCUT2D eigenvalue weighted by atomic mass is 9.63. The summed E-state index contributed by atoms with van der Waals surface area (Å²) in [6, 6.07) is 5.39. The number of imide groups is 1. The van der Waals surface area contributed by atoms with Crippen LogP contribution in [-0.4, -0.2) is 47.3 Å². The van der Waals surface area contributed by atoms with Crippen LogP contribution in [0.3, 0.4) is 0 Å². The van der Waals surface area contributed by atoms with E-state index in [4.69, 9.17) is 0 Å². The first kappa shape index (κ1) is 18.8. The third kappa shape index (κ3) is 3.16. The van der Waals surface area contributed by atoms with Crippen LogP contribution in [0, 0.1) is 5.92 Å². The second kappa shape index (κ2) is 7.22. The zero-order valence-corrected chi connectivity index (χ0v) is 16.6. The highest BCUT2D eigenvalue weighted by molar-refractivity contribution is 6.05. The summed E-state index contributed by atoms with van der Waals surface area (Å²) in [5.74, 6) is 0.0585. The number of rotatable bonds is 5. The Labute approximate surface area is 170 Å². The summed E-state index contributed by atoms with van der Waals surface area (Å²) in [7, 11) is 0. The quantitative estimate of drug-likeness (QED) is 0.648. The summed E-state index contributed by atoms with van der Waals surface area (Å²) in [6.07, 6.45) is 5.79. The van der Waals surface area contributed by atoms with Gasteiger partial charge in [0, 0.05) is 37.2 Å². The molecule has 3 aliphatic heterocycles. The van der Waals surface area contributed by atoms with E-state index in [0.717, 1.165) is 35.7 Å². The van der Waals surface area contributed by atoms with Crippen molar-refractivity contribution in [1.29, 1.82) is 0 Å². The van der Waals surface area contributed by atoms with E-state index in [-0.39, 0.29) is 29.7 Å². The van der Waals surface area contributed by atoms with Crippen LogP contribution in [0.2, 0.25) is 0 Å². The SMILES string of the molecule is O=C1CCC(N2Cc3cccc(CNC[C@]45CC[C@H]4CCCN5)c3C2=O)C(=O)N1. The van der Waals surface area contributed by atoms with Gasteiger partial charge in [-0.2, -0.15) is 0 Å². The van der Waals surface area contributed by atoms with Crippen molar-refractivity contribution in [2.24, 2.45) is 5.92 Å². The predicted molar refractivity (Wildman–Crippen MR) is 107 cm³/mol. The molecule has 2 saturated heterocycles. The minimum absolute atomic E-state index is 0.0950. The molecule has 154 valence electrons. The smallest absolute Gasteiger partial charge is 0.255 e. The van der Waals surface area contributed by atoms with Gasteiger partial charge >= 0.3 is 0 Å². The number of fused-ring (bicyclic) bond motifs is 2. The van der Waals surface area contributed by atoms with Crippen molar-refractivity contribution in [3.63, 3.8) is 0 Å². The minimum Gasteiger partial charge on any atom is -0.322 e. The second-order valence-electron chi connectivity index (χ2n) is 8.92. The molecule has 0 bridgehead atoms. The Morgan fingerprint density at radius 1 is 1.17 bits per heavy atom. The molecule has 7 heteroatoms. The highest BCUT2D eigenvalue weighted by Gasteiger charge is 2.47. The topological polar surface area (TPSA) is 90.5 Å². The fraction of sp³-hybridized carbons (Fsp3) is 0.591. The first-order chi connectivity index (χ1) is 14.1. The maximum absolute atomic E-state index is 13.2. The molecule has 3 heterocycles. The van der Waals surface area contributed by atoms with Gasteiger partial charge in [-0.05, 0) is 55.7 Å². The summed E-state index contributed by atoms with van der Waals surface area (Å²) in [6.45, 7) is 3.10. The molecule has 7 nitrogen and oxygen atoms in total. The molecular weight excluding hydrogens is 368 g/mol. The fourth-order valence-electron chi connectivity index (χ4n) is 5.59. The molecule has 0 radical (unpaired) electrons. The summed E-state index contributed by atoms with van der Waals surface area (Å²) < 4.78 is 0. The van der Waals surface area contributed by atoms with Crippen LogP contribution in [0.1, 0.15) is 60.0 Å². The summed E-state index contributed by atoms with van der Waals surface area (Å²) in [5.41, 5.74) is 2.92. The van der Waals surface area contributed by atoms with Gasteiger partial charge in [-0.25, -0.2) is 0 Å². The first-order valence-corrected chi connectivity index (χ1v) is 10.8. The number of piperidine rings is 2. The summed E-state index contributed by atoms with van der Waals surface area (Å²) in [5, 5.41) is 9.69. The van der Waals surface area contributed by atoms with Gasteiger partial charge in [0.15, 0.2) is 0 Å². The molecule has 1 saturated carbocycles. The second-order valence-corrected chi connectivity index (χ2v) is 8.92. The van der Waals surface area contributed by atoms with Gasteiger partial charge in [-0.3, -0.25) is 19.7 Å². The molecule has 1 aromatic rings. The minimum atomic E-state index is -0.561. The summed E-state index contributed by atoms with van der Waals surface area (Å²) in [4.78, 5) is 38.5. The van der Waals surface area contributed by atoms with Crippen molar-refractivity contribution in [1.82, 2.24) is 20.9 Å². The lowest BCUT2D eigenvalue weighted by Gasteiger charge is -2.53. The number of benzene rings is 1. The average molecular weight is 396 g/mol. The van der Waals surface area contributed by atoms with Gasteiger partial charge in [-0.15, -0.1) is 0 Å². The van der Waals surface area contributed by atoms with Crippen LogP contribution in [0.5, 0.6) is 0 Å². The Balaban J connectivity index is 1.27. The third-order valence-electron chi connectivity index (χ3n) is 7.32.